The second-order valence-corrected chi connectivity index (χ2v) is 6.35. The van der Waals surface area contributed by atoms with Crippen LogP contribution in [0.2, 0.25) is 5.02 Å². The lowest BCUT2D eigenvalue weighted by Gasteiger charge is -2.39. The molecule has 0 unspecified atom stereocenters. The van der Waals surface area contributed by atoms with Gasteiger partial charge in [-0.25, -0.2) is 4.39 Å². The van der Waals surface area contributed by atoms with Crippen LogP contribution in [0, 0.1) is 11.7 Å². The molecule has 1 saturated carbocycles. The van der Waals surface area contributed by atoms with Gasteiger partial charge in [-0.3, -0.25) is 4.90 Å². The summed E-state index contributed by atoms with van der Waals surface area (Å²) in [5.41, 5.74) is 1.11. The minimum Gasteiger partial charge on any atom is -0.314 e. The number of benzene rings is 1. The van der Waals surface area contributed by atoms with Crippen LogP contribution in [0.15, 0.2) is 18.2 Å². The number of hydrogen-bond acceptors (Lipinski definition) is 2. The maximum absolute atomic E-state index is 13.3. The van der Waals surface area contributed by atoms with Gasteiger partial charge in [0, 0.05) is 37.2 Å². The molecule has 2 fully saturated rings. The molecule has 4 heteroatoms. The Morgan fingerprint density at radius 2 is 1.90 bits per heavy atom. The van der Waals surface area contributed by atoms with Crippen LogP contribution in [0.1, 0.15) is 37.3 Å². The Bertz CT molecular complexity index is 454. The van der Waals surface area contributed by atoms with E-state index in [-0.39, 0.29) is 5.82 Å². The van der Waals surface area contributed by atoms with Crippen molar-refractivity contribution in [3.63, 3.8) is 0 Å². The van der Waals surface area contributed by atoms with Crippen molar-refractivity contribution >= 4 is 11.6 Å². The molecule has 0 spiro atoms. The Hall–Kier alpha value is -0.640. The van der Waals surface area contributed by atoms with Gasteiger partial charge < -0.3 is 5.32 Å². The Morgan fingerprint density at radius 1 is 1.20 bits per heavy atom. The standard InChI is InChI=1S/C16H22ClFN2/c17-15-11-13(18)5-6-14(15)16(12-3-1-2-4-12)20-9-7-19-8-10-20/h5-6,11-12,16,19H,1-4,7-10H2/t16-/m1/s1. The third kappa shape index (κ3) is 3.00. The largest absolute Gasteiger partial charge is 0.314 e. The Labute approximate surface area is 125 Å². The third-order valence-corrected chi connectivity index (χ3v) is 5.00. The molecular weight excluding hydrogens is 275 g/mol. The lowest BCUT2D eigenvalue weighted by Crippen LogP contribution is -2.46. The molecule has 1 aromatic rings. The van der Waals surface area contributed by atoms with Gasteiger partial charge in [-0.2, -0.15) is 0 Å². The van der Waals surface area contributed by atoms with Crippen molar-refractivity contribution in [2.24, 2.45) is 5.92 Å². The van der Waals surface area contributed by atoms with Crippen molar-refractivity contribution in [1.82, 2.24) is 10.2 Å². The highest BCUT2D eigenvalue weighted by Crippen LogP contribution is 2.41. The second kappa shape index (κ2) is 6.42. The second-order valence-electron chi connectivity index (χ2n) is 5.94. The quantitative estimate of drug-likeness (QED) is 0.916. The Kier molecular flexibility index (Phi) is 4.59. The van der Waals surface area contributed by atoms with Crippen LogP contribution in [0.4, 0.5) is 4.39 Å². The van der Waals surface area contributed by atoms with Crippen LogP contribution in [-0.4, -0.2) is 31.1 Å². The average Bonchev–Trinajstić information content (AvgIpc) is 2.97. The molecule has 1 atom stereocenters. The Balaban J connectivity index is 1.90. The number of piperazine rings is 1. The molecule has 0 aromatic heterocycles. The van der Waals surface area contributed by atoms with E-state index in [0.717, 1.165) is 31.7 Å². The first-order valence-corrected chi connectivity index (χ1v) is 8.03. The summed E-state index contributed by atoms with van der Waals surface area (Å²) in [6.45, 7) is 4.16. The number of rotatable bonds is 3. The molecule has 0 amide bonds. The van der Waals surface area contributed by atoms with Crippen LogP contribution in [0.3, 0.4) is 0 Å². The zero-order valence-corrected chi connectivity index (χ0v) is 12.5. The van der Waals surface area contributed by atoms with Gasteiger partial charge in [0.2, 0.25) is 0 Å². The van der Waals surface area contributed by atoms with Gasteiger partial charge in [-0.1, -0.05) is 30.5 Å². The summed E-state index contributed by atoms with van der Waals surface area (Å²) < 4.78 is 13.3. The van der Waals surface area contributed by atoms with Crippen LogP contribution in [0.25, 0.3) is 0 Å². The van der Waals surface area contributed by atoms with Crippen molar-refractivity contribution in [3.05, 3.63) is 34.6 Å². The van der Waals surface area contributed by atoms with Crippen molar-refractivity contribution in [1.29, 1.82) is 0 Å². The maximum atomic E-state index is 13.3. The molecule has 1 aliphatic heterocycles. The predicted molar refractivity (Wildman–Crippen MR) is 80.6 cm³/mol. The van der Waals surface area contributed by atoms with Crippen LogP contribution in [-0.2, 0) is 0 Å². The SMILES string of the molecule is Fc1ccc([C@@H](C2CCCC2)N2CCNCC2)c(Cl)c1. The van der Waals surface area contributed by atoms with Crippen LogP contribution < -0.4 is 5.32 Å². The molecule has 1 aliphatic carbocycles. The lowest BCUT2D eigenvalue weighted by molar-refractivity contribution is 0.125. The molecule has 0 radical (unpaired) electrons. The first-order valence-electron chi connectivity index (χ1n) is 7.65. The normalized spacial score (nSPS) is 23.1. The van der Waals surface area contributed by atoms with Gasteiger partial charge in [-0.15, -0.1) is 0 Å². The average molecular weight is 297 g/mol. The van der Waals surface area contributed by atoms with Crippen molar-refractivity contribution in [2.75, 3.05) is 26.2 Å². The Morgan fingerprint density at radius 3 is 2.55 bits per heavy atom. The molecule has 3 rings (SSSR count). The monoisotopic (exact) mass is 296 g/mol. The smallest absolute Gasteiger partial charge is 0.124 e. The number of nitrogens with one attached hydrogen (secondary N) is 1. The molecule has 20 heavy (non-hydrogen) atoms. The molecule has 1 aromatic carbocycles. The molecule has 2 nitrogen and oxygen atoms in total. The highest BCUT2D eigenvalue weighted by atomic mass is 35.5. The van der Waals surface area contributed by atoms with Gasteiger partial charge in [0.1, 0.15) is 5.82 Å². The molecule has 0 bridgehead atoms. The summed E-state index contributed by atoms with van der Waals surface area (Å²) in [5.74, 6) is 0.417. The van der Waals surface area contributed by atoms with Gasteiger partial charge >= 0.3 is 0 Å². The number of hydrogen-bond donors (Lipinski definition) is 1. The van der Waals surface area contributed by atoms with Gasteiger partial charge in [0.15, 0.2) is 0 Å². The van der Waals surface area contributed by atoms with Crippen LogP contribution >= 0.6 is 11.6 Å². The van der Waals surface area contributed by atoms with E-state index in [1.807, 2.05) is 6.07 Å². The highest BCUT2D eigenvalue weighted by Gasteiger charge is 2.33. The molecule has 1 heterocycles. The van der Waals surface area contributed by atoms with E-state index in [0.29, 0.717) is 17.0 Å². The van der Waals surface area contributed by atoms with E-state index in [2.05, 4.69) is 10.2 Å². The van der Waals surface area contributed by atoms with Crippen molar-refractivity contribution < 1.29 is 4.39 Å². The molecule has 2 aliphatic rings. The third-order valence-electron chi connectivity index (χ3n) is 4.67. The minimum absolute atomic E-state index is 0.246. The fourth-order valence-corrected chi connectivity index (χ4v) is 4.00. The van der Waals surface area contributed by atoms with Gasteiger partial charge in [0.05, 0.1) is 0 Å². The van der Waals surface area contributed by atoms with Crippen molar-refractivity contribution in [3.8, 4) is 0 Å². The van der Waals surface area contributed by atoms with E-state index in [1.165, 1.54) is 31.7 Å². The van der Waals surface area contributed by atoms with E-state index in [4.69, 9.17) is 11.6 Å². The highest BCUT2D eigenvalue weighted by molar-refractivity contribution is 6.31. The zero-order valence-electron chi connectivity index (χ0n) is 11.7. The first-order chi connectivity index (χ1) is 9.75. The number of halogens is 2. The lowest BCUT2D eigenvalue weighted by atomic mass is 9.89. The summed E-state index contributed by atoms with van der Waals surface area (Å²) in [6.07, 6.45) is 5.16. The van der Waals surface area contributed by atoms with Gasteiger partial charge in [-0.05, 0) is 36.5 Å². The maximum Gasteiger partial charge on any atom is 0.124 e. The van der Waals surface area contributed by atoms with Crippen LogP contribution in [0.5, 0.6) is 0 Å². The number of nitrogens with zero attached hydrogens (tertiary/aromatic N) is 1. The minimum atomic E-state index is -0.246. The predicted octanol–water partition coefficient (Wildman–Crippen LogP) is 3.62. The summed E-state index contributed by atoms with van der Waals surface area (Å²) in [5, 5.41) is 3.98. The summed E-state index contributed by atoms with van der Waals surface area (Å²) in [7, 11) is 0. The molecule has 1 saturated heterocycles. The van der Waals surface area contributed by atoms with Gasteiger partial charge in [0.25, 0.3) is 0 Å². The molecule has 110 valence electrons. The zero-order chi connectivity index (χ0) is 13.9. The summed E-state index contributed by atoms with van der Waals surface area (Å²) >= 11 is 6.34. The molecular formula is C16H22ClFN2. The summed E-state index contributed by atoms with van der Waals surface area (Å²) in [4.78, 5) is 2.53. The van der Waals surface area contributed by atoms with E-state index in [1.54, 1.807) is 6.07 Å². The first kappa shape index (κ1) is 14.3. The fraction of sp³-hybridized carbons (Fsp3) is 0.625. The molecule has 1 N–H and O–H groups in total. The van der Waals surface area contributed by atoms with Crippen molar-refractivity contribution in [2.45, 2.75) is 31.7 Å². The van der Waals surface area contributed by atoms with E-state index < -0.39 is 0 Å². The van der Waals surface area contributed by atoms with E-state index in [9.17, 15) is 4.39 Å². The summed E-state index contributed by atoms with van der Waals surface area (Å²) in [6, 6.07) is 5.25. The fourth-order valence-electron chi connectivity index (χ4n) is 3.72. The topological polar surface area (TPSA) is 15.3 Å². The van der Waals surface area contributed by atoms with E-state index >= 15 is 0 Å².